The Morgan fingerprint density at radius 3 is 0.696 bits per heavy atom. The van der Waals surface area contributed by atoms with E-state index < -0.39 is 0 Å². The zero-order chi connectivity index (χ0) is 39.9. The summed E-state index contributed by atoms with van der Waals surface area (Å²) in [6.07, 6.45) is 16.4. The average molecular weight is 757 g/mol. The van der Waals surface area contributed by atoms with Gasteiger partial charge >= 0.3 is 0 Å². The van der Waals surface area contributed by atoms with Gasteiger partial charge in [-0.25, -0.2) is 0 Å². The Morgan fingerprint density at radius 2 is 0.536 bits per heavy atom. The van der Waals surface area contributed by atoms with Crippen molar-refractivity contribution in [1.82, 2.24) is 0 Å². The quantitative estimate of drug-likeness (QED) is 0.0590. The fourth-order valence-corrected chi connectivity index (χ4v) is 7.02. The van der Waals surface area contributed by atoms with Crippen LogP contribution in [0.25, 0.3) is 0 Å². The van der Waals surface area contributed by atoms with Crippen molar-refractivity contribution in [2.24, 2.45) is 20.0 Å². The Bertz CT molecular complexity index is 1680. The molecular formula is C48H60N4O4. The van der Waals surface area contributed by atoms with Crippen LogP contribution in [0, 0.1) is 0 Å². The van der Waals surface area contributed by atoms with Crippen LogP contribution >= 0.6 is 0 Å². The van der Waals surface area contributed by atoms with Gasteiger partial charge in [-0.1, -0.05) is 53.4 Å². The van der Waals surface area contributed by atoms with Crippen LogP contribution in [0.15, 0.2) is 68.5 Å². The lowest BCUT2D eigenvalue weighted by Gasteiger charge is -2.19. The molecule has 0 saturated carbocycles. The first-order valence-electron chi connectivity index (χ1n) is 20.6. The van der Waals surface area contributed by atoms with Crippen molar-refractivity contribution in [3.8, 4) is 23.0 Å². The predicted octanol–water partition coefficient (Wildman–Crippen LogP) is 10.1. The minimum atomic E-state index is 0.114. The summed E-state index contributed by atoms with van der Waals surface area (Å²) in [5.74, 6) is 0.458. The first kappa shape index (κ1) is 41.9. The third-order valence-electron chi connectivity index (χ3n) is 10.2. The van der Waals surface area contributed by atoms with E-state index in [1.165, 1.54) is 0 Å². The van der Waals surface area contributed by atoms with Gasteiger partial charge in [-0.15, -0.1) is 0 Å². The van der Waals surface area contributed by atoms with Crippen LogP contribution in [0.4, 0.5) is 0 Å². The molecule has 296 valence electrons. The fourth-order valence-electron chi connectivity index (χ4n) is 7.02. The van der Waals surface area contributed by atoms with E-state index >= 15 is 0 Å². The van der Waals surface area contributed by atoms with Crippen LogP contribution in [0.2, 0.25) is 0 Å². The molecule has 4 aromatic rings. The maximum Gasteiger partial charge on any atom is 0.122 e. The Morgan fingerprint density at radius 1 is 0.357 bits per heavy atom. The highest BCUT2D eigenvalue weighted by Crippen LogP contribution is 2.39. The number of fused-ring (bicyclic) bond motifs is 8. The highest BCUT2D eigenvalue weighted by atomic mass is 16.3. The van der Waals surface area contributed by atoms with Gasteiger partial charge in [-0.2, -0.15) is 0 Å². The van der Waals surface area contributed by atoms with Crippen molar-refractivity contribution in [2.75, 3.05) is 26.2 Å². The molecule has 0 aromatic heterocycles. The zero-order valence-electron chi connectivity index (χ0n) is 33.8. The van der Waals surface area contributed by atoms with E-state index in [2.05, 4.69) is 47.7 Å². The van der Waals surface area contributed by atoms with Crippen molar-refractivity contribution in [3.63, 3.8) is 0 Å². The molecule has 4 aromatic carbocycles. The Balaban J connectivity index is 1.76. The molecule has 1 aliphatic rings. The van der Waals surface area contributed by atoms with Crippen molar-refractivity contribution in [1.29, 1.82) is 0 Å². The van der Waals surface area contributed by atoms with Gasteiger partial charge in [-0.3, -0.25) is 20.0 Å². The Kier molecular flexibility index (Phi) is 15.8. The molecule has 0 spiro atoms. The molecule has 4 N–H and O–H groups in total. The summed E-state index contributed by atoms with van der Waals surface area (Å²) in [7, 11) is 0. The van der Waals surface area contributed by atoms with Crippen LogP contribution in [0.3, 0.4) is 0 Å². The van der Waals surface area contributed by atoms with E-state index in [1.54, 1.807) is 0 Å². The number of benzene rings is 4. The van der Waals surface area contributed by atoms with Gasteiger partial charge in [-0.05, 0) is 141 Å². The van der Waals surface area contributed by atoms with Crippen LogP contribution in [-0.4, -0.2) is 71.5 Å². The van der Waals surface area contributed by atoms with Crippen molar-refractivity contribution in [3.05, 3.63) is 115 Å². The average Bonchev–Trinajstić information content (AvgIpc) is 3.18. The molecule has 8 nitrogen and oxygen atoms in total. The minimum Gasteiger partial charge on any atom is -0.507 e. The summed E-state index contributed by atoms with van der Waals surface area (Å²) in [4.78, 5) is 18.7. The predicted molar refractivity (Wildman–Crippen MR) is 233 cm³/mol. The highest BCUT2D eigenvalue weighted by molar-refractivity contribution is 5.84. The molecule has 0 atom stereocenters. The lowest BCUT2D eigenvalue weighted by atomic mass is 9.88. The molecule has 1 aliphatic carbocycles. The van der Waals surface area contributed by atoms with Gasteiger partial charge < -0.3 is 20.4 Å². The number of hydrogen-bond acceptors (Lipinski definition) is 8. The molecule has 0 heterocycles. The van der Waals surface area contributed by atoms with E-state index in [9.17, 15) is 20.4 Å². The largest absolute Gasteiger partial charge is 0.507 e. The normalized spacial score (nSPS) is 13.2. The van der Waals surface area contributed by atoms with E-state index in [1.807, 2.05) is 73.4 Å². The SMILES string of the molecule is CCCCN=Cc1cc2c(O)c(c1)Cc1cc(C=NCCCC)cc(c1O)Cc1cc(C=NCCCC)cc(c1O)Cc1cc(C=NCCCC)cc(c1O)C2. The van der Waals surface area contributed by atoms with Gasteiger partial charge in [0.15, 0.2) is 0 Å². The first-order chi connectivity index (χ1) is 27.2. The van der Waals surface area contributed by atoms with Crippen LogP contribution in [-0.2, 0) is 25.7 Å². The van der Waals surface area contributed by atoms with Gasteiger partial charge in [0.05, 0.1) is 0 Å². The number of phenolic OH excluding ortho intramolecular Hbond substituents is 4. The van der Waals surface area contributed by atoms with Crippen molar-refractivity contribution >= 4 is 24.9 Å². The second-order valence-electron chi connectivity index (χ2n) is 15.0. The van der Waals surface area contributed by atoms with E-state index in [-0.39, 0.29) is 48.7 Å². The summed E-state index contributed by atoms with van der Waals surface area (Å²) in [6.45, 7) is 11.4. The molecule has 56 heavy (non-hydrogen) atoms. The maximum absolute atomic E-state index is 11.9. The second kappa shape index (κ2) is 21.2. The molecule has 8 heteroatoms. The van der Waals surface area contributed by atoms with E-state index in [0.717, 1.165) is 73.6 Å². The summed E-state index contributed by atoms with van der Waals surface area (Å²) in [6, 6.07) is 15.4. The van der Waals surface area contributed by atoms with Gasteiger partial charge in [0.1, 0.15) is 23.0 Å². The molecule has 0 amide bonds. The summed E-state index contributed by atoms with van der Waals surface area (Å²) >= 11 is 0. The number of phenols is 4. The Hall–Kier alpha value is -5.24. The lowest BCUT2D eigenvalue weighted by molar-refractivity contribution is 0.450. The third kappa shape index (κ3) is 11.4. The highest BCUT2D eigenvalue weighted by Gasteiger charge is 2.21. The molecular weight excluding hydrogens is 697 g/mol. The van der Waals surface area contributed by atoms with E-state index in [0.29, 0.717) is 70.7 Å². The van der Waals surface area contributed by atoms with Crippen LogP contribution in [0.5, 0.6) is 23.0 Å². The number of hydrogen-bond donors (Lipinski definition) is 4. The molecule has 0 radical (unpaired) electrons. The lowest BCUT2D eigenvalue weighted by Crippen LogP contribution is -2.04. The van der Waals surface area contributed by atoms with Crippen molar-refractivity contribution in [2.45, 2.75) is 105 Å². The van der Waals surface area contributed by atoms with Crippen LogP contribution < -0.4 is 0 Å². The molecule has 5 rings (SSSR count). The van der Waals surface area contributed by atoms with Gasteiger partial charge in [0.2, 0.25) is 0 Å². The third-order valence-corrected chi connectivity index (χ3v) is 10.2. The minimum absolute atomic E-state index is 0.114. The van der Waals surface area contributed by atoms with Crippen molar-refractivity contribution < 1.29 is 20.4 Å². The van der Waals surface area contributed by atoms with Gasteiger partial charge in [0.25, 0.3) is 0 Å². The number of aliphatic imine (C=N–C) groups is 4. The summed E-state index contributed by atoms with van der Waals surface area (Å²) in [5, 5.41) is 47.8. The number of nitrogens with zero attached hydrogens (tertiary/aromatic N) is 4. The molecule has 0 aliphatic heterocycles. The molecule has 0 unspecified atom stereocenters. The molecule has 0 saturated heterocycles. The zero-order valence-corrected chi connectivity index (χ0v) is 33.8. The Labute approximate surface area is 333 Å². The number of unbranched alkanes of at least 4 members (excludes halogenated alkanes) is 4. The fraction of sp³-hybridized carbons (Fsp3) is 0.417. The monoisotopic (exact) mass is 756 g/mol. The molecule has 0 fully saturated rings. The summed E-state index contributed by atoms with van der Waals surface area (Å²) in [5.41, 5.74) is 8.47. The van der Waals surface area contributed by atoms with Gasteiger partial charge in [0, 0.05) is 76.7 Å². The summed E-state index contributed by atoms with van der Waals surface area (Å²) < 4.78 is 0. The van der Waals surface area contributed by atoms with E-state index in [4.69, 9.17) is 0 Å². The van der Waals surface area contributed by atoms with Crippen LogP contribution in [0.1, 0.15) is 146 Å². The standard InChI is InChI=1S/C48H60N4O4/c1-5-9-13-49-29-33-17-37-25-39-19-34(30-50-14-10-6-2)21-41(46(39)54)27-43-23-36(32-52-16-12-8-4)24-44(48(43)56)28-42-22-35(31-51-15-11-7-3)20-40(47(42)55)26-38(18-33)45(37)53/h17-24,29-32,53-56H,5-16,25-28H2,1-4H3. The first-order valence-corrected chi connectivity index (χ1v) is 20.6. The topological polar surface area (TPSA) is 130 Å². The number of rotatable bonds is 16. The second-order valence-corrected chi connectivity index (χ2v) is 15.0. The number of aromatic hydroxyl groups is 4. The molecule has 8 bridgehead atoms. The maximum atomic E-state index is 11.9. The smallest absolute Gasteiger partial charge is 0.122 e.